The lowest BCUT2D eigenvalue weighted by atomic mass is 10.0. The lowest BCUT2D eigenvalue weighted by Crippen LogP contribution is -2.43. The molecule has 0 radical (unpaired) electrons. The van der Waals surface area contributed by atoms with E-state index in [1.807, 2.05) is 0 Å². The number of hydrogen-bond acceptors (Lipinski definition) is 3. The van der Waals surface area contributed by atoms with Crippen LogP contribution in [0.1, 0.15) is 20.3 Å². The van der Waals surface area contributed by atoms with Crippen molar-refractivity contribution >= 4 is 21.6 Å². The van der Waals surface area contributed by atoms with E-state index in [4.69, 9.17) is 16.7 Å². The molecule has 0 aliphatic rings. The minimum atomic E-state index is -3.79. The van der Waals surface area contributed by atoms with E-state index in [9.17, 15) is 12.8 Å². The van der Waals surface area contributed by atoms with Crippen molar-refractivity contribution in [2.75, 3.05) is 6.61 Å². The standard InChI is InChI=1S/C11H15ClFNO3S/c1-11(2,5-6-15)14-18(16,17)8-3-4-10(13)9(12)7-8/h3-4,7,14-15H,5-6H2,1-2H3. The van der Waals surface area contributed by atoms with Gasteiger partial charge in [-0.1, -0.05) is 11.6 Å². The van der Waals surface area contributed by atoms with Crippen LogP contribution in [0.2, 0.25) is 5.02 Å². The zero-order valence-corrected chi connectivity index (χ0v) is 11.6. The molecule has 18 heavy (non-hydrogen) atoms. The number of sulfonamides is 1. The Morgan fingerprint density at radius 2 is 2.06 bits per heavy atom. The fourth-order valence-corrected chi connectivity index (χ4v) is 3.11. The van der Waals surface area contributed by atoms with Crippen LogP contribution >= 0.6 is 11.6 Å². The molecule has 0 heterocycles. The van der Waals surface area contributed by atoms with Gasteiger partial charge in [0.25, 0.3) is 0 Å². The van der Waals surface area contributed by atoms with Gasteiger partial charge < -0.3 is 5.11 Å². The summed E-state index contributed by atoms with van der Waals surface area (Å²) in [6, 6.07) is 3.18. The van der Waals surface area contributed by atoms with Gasteiger partial charge in [-0.05, 0) is 38.5 Å². The summed E-state index contributed by atoms with van der Waals surface area (Å²) in [5, 5.41) is 8.59. The maximum absolute atomic E-state index is 13.0. The Hall–Kier alpha value is -0.690. The predicted molar refractivity (Wildman–Crippen MR) is 67.5 cm³/mol. The molecule has 1 aromatic carbocycles. The summed E-state index contributed by atoms with van der Waals surface area (Å²) in [7, 11) is -3.79. The van der Waals surface area contributed by atoms with E-state index in [1.165, 1.54) is 0 Å². The van der Waals surface area contributed by atoms with Gasteiger partial charge in [-0.15, -0.1) is 0 Å². The van der Waals surface area contributed by atoms with Crippen molar-refractivity contribution < 1.29 is 17.9 Å². The van der Waals surface area contributed by atoms with E-state index >= 15 is 0 Å². The summed E-state index contributed by atoms with van der Waals surface area (Å²) >= 11 is 5.55. The third-order valence-electron chi connectivity index (χ3n) is 2.35. The Bertz CT molecular complexity index is 531. The van der Waals surface area contributed by atoms with E-state index in [-0.39, 0.29) is 22.9 Å². The number of nitrogens with one attached hydrogen (secondary N) is 1. The minimum absolute atomic E-state index is 0.111. The molecule has 4 nitrogen and oxygen atoms in total. The van der Waals surface area contributed by atoms with Crippen LogP contribution in [0, 0.1) is 5.82 Å². The zero-order valence-electron chi connectivity index (χ0n) is 10.1. The first kappa shape index (κ1) is 15.4. The van der Waals surface area contributed by atoms with E-state index in [0.717, 1.165) is 18.2 Å². The molecule has 0 aliphatic carbocycles. The van der Waals surface area contributed by atoms with Gasteiger partial charge in [0, 0.05) is 12.1 Å². The average Bonchev–Trinajstić information content (AvgIpc) is 2.20. The molecule has 7 heteroatoms. The molecule has 0 spiro atoms. The Balaban J connectivity index is 3.03. The zero-order chi connectivity index (χ0) is 14.0. The molecule has 0 unspecified atom stereocenters. The van der Waals surface area contributed by atoms with Gasteiger partial charge in [-0.3, -0.25) is 0 Å². The lowest BCUT2D eigenvalue weighted by molar-refractivity contribution is 0.246. The van der Waals surface area contributed by atoms with E-state index in [1.54, 1.807) is 13.8 Å². The Labute approximate surface area is 111 Å². The monoisotopic (exact) mass is 295 g/mol. The van der Waals surface area contributed by atoms with Crippen LogP contribution in [-0.4, -0.2) is 25.7 Å². The molecule has 0 atom stereocenters. The first-order valence-corrected chi connectivity index (χ1v) is 7.14. The minimum Gasteiger partial charge on any atom is -0.396 e. The molecule has 0 saturated carbocycles. The molecule has 0 saturated heterocycles. The van der Waals surface area contributed by atoms with Crippen molar-refractivity contribution in [3.8, 4) is 0 Å². The summed E-state index contributed by atoms with van der Waals surface area (Å²) in [6.07, 6.45) is 0.265. The maximum atomic E-state index is 13.0. The largest absolute Gasteiger partial charge is 0.396 e. The average molecular weight is 296 g/mol. The van der Waals surface area contributed by atoms with Crippen molar-refractivity contribution in [2.45, 2.75) is 30.7 Å². The number of rotatable bonds is 5. The van der Waals surface area contributed by atoms with Gasteiger partial charge in [0.2, 0.25) is 10.0 Å². The molecule has 1 aromatic rings. The van der Waals surface area contributed by atoms with Crippen molar-refractivity contribution in [2.24, 2.45) is 0 Å². The number of hydrogen-bond donors (Lipinski definition) is 2. The van der Waals surface area contributed by atoms with Crippen LogP contribution in [-0.2, 0) is 10.0 Å². The summed E-state index contributed by atoms with van der Waals surface area (Å²) < 4.78 is 39.4. The number of aliphatic hydroxyl groups excluding tert-OH is 1. The fourth-order valence-electron chi connectivity index (χ4n) is 1.40. The second-order valence-electron chi connectivity index (χ2n) is 4.54. The summed E-state index contributed by atoms with van der Waals surface area (Å²) in [5.74, 6) is -0.676. The normalized spacial score (nSPS) is 12.7. The van der Waals surface area contributed by atoms with Crippen molar-refractivity contribution in [3.05, 3.63) is 29.0 Å². The molecule has 0 aliphatic heterocycles. The number of benzene rings is 1. The topological polar surface area (TPSA) is 66.4 Å². The lowest BCUT2D eigenvalue weighted by Gasteiger charge is -2.25. The van der Waals surface area contributed by atoms with Gasteiger partial charge in [0.15, 0.2) is 0 Å². The third kappa shape index (κ3) is 3.91. The highest BCUT2D eigenvalue weighted by Gasteiger charge is 2.26. The van der Waals surface area contributed by atoms with Gasteiger partial charge in [0.1, 0.15) is 5.82 Å². The SMILES string of the molecule is CC(C)(CCO)NS(=O)(=O)c1ccc(F)c(Cl)c1. The van der Waals surface area contributed by atoms with Crippen LogP contribution in [0.3, 0.4) is 0 Å². The highest BCUT2D eigenvalue weighted by Crippen LogP contribution is 2.21. The van der Waals surface area contributed by atoms with Crippen molar-refractivity contribution in [1.82, 2.24) is 4.72 Å². The first-order chi connectivity index (χ1) is 8.18. The maximum Gasteiger partial charge on any atom is 0.241 e. The molecule has 1 rings (SSSR count). The Morgan fingerprint density at radius 1 is 1.44 bits per heavy atom. The van der Waals surface area contributed by atoms with Crippen molar-refractivity contribution in [3.63, 3.8) is 0 Å². The molecular weight excluding hydrogens is 281 g/mol. The fraction of sp³-hybridized carbons (Fsp3) is 0.455. The second-order valence-corrected chi connectivity index (χ2v) is 6.63. The van der Waals surface area contributed by atoms with Gasteiger partial charge >= 0.3 is 0 Å². The molecule has 0 aromatic heterocycles. The van der Waals surface area contributed by atoms with Gasteiger partial charge in [-0.25, -0.2) is 17.5 Å². The highest BCUT2D eigenvalue weighted by atomic mass is 35.5. The van der Waals surface area contributed by atoms with Crippen LogP contribution in [0.4, 0.5) is 4.39 Å². The van der Waals surface area contributed by atoms with Crippen LogP contribution in [0.15, 0.2) is 23.1 Å². The van der Waals surface area contributed by atoms with E-state index in [2.05, 4.69) is 4.72 Å². The van der Waals surface area contributed by atoms with Crippen LogP contribution < -0.4 is 4.72 Å². The summed E-state index contributed by atoms with van der Waals surface area (Å²) in [6.45, 7) is 3.15. The summed E-state index contributed by atoms with van der Waals surface area (Å²) in [5.41, 5.74) is -0.797. The molecule has 102 valence electrons. The molecule has 0 fully saturated rings. The van der Waals surface area contributed by atoms with Gasteiger partial charge in [-0.2, -0.15) is 0 Å². The third-order valence-corrected chi connectivity index (χ3v) is 4.33. The smallest absolute Gasteiger partial charge is 0.241 e. The Morgan fingerprint density at radius 3 is 2.56 bits per heavy atom. The molecule has 0 amide bonds. The molecule has 2 N–H and O–H groups in total. The van der Waals surface area contributed by atoms with Crippen molar-refractivity contribution in [1.29, 1.82) is 0 Å². The second kappa shape index (κ2) is 5.52. The highest BCUT2D eigenvalue weighted by molar-refractivity contribution is 7.89. The van der Waals surface area contributed by atoms with E-state index in [0.29, 0.717) is 0 Å². The quantitative estimate of drug-likeness (QED) is 0.872. The first-order valence-electron chi connectivity index (χ1n) is 5.28. The Kier molecular flexibility index (Phi) is 4.72. The van der Waals surface area contributed by atoms with Crippen LogP contribution in [0.5, 0.6) is 0 Å². The molecular formula is C11H15ClFNO3S. The van der Waals surface area contributed by atoms with Gasteiger partial charge in [0.05, 0.1) is 9.92 Å². The van der Waals surface area contributed by atoms with E-state index < -0.39 is 21.4 Å². The number of halogens is 2. The number of aliphatic hydroxyl groups is 1. The molecule has 0 bridgehead atoms. The predicted octanol–water partition coefficient (Wildman–Crippen LogP) is 1.92. The van der Waals surface area contributed by atoms with Crippen LogP contribution in [0.25, 0.3) is 0 Å². The summed E-state index contributed by atoms with van der Waals surface area (Å²) in [4.78, 5) is -0.111.